The molecule has 0 bridgehead atoms. The molecule has 0 heterocycles. The minimum absolute atomic E-state index is 0.0845. The van der Waals surface area contributed by atoms with E-state index in [1.165, 1.54) is 166 Å². The van der Waals surface area contributed by atoms with Crippen LogP contribution >= 0.6 is 15.9 Å². The van der Waals surface area contributed by atoms with Crippen LogP contribution in [-0.2, 0) is 10.8 Å². The highest BCUT2D eigenvalue weighted by Crippen LogP contribution is 2.57. The first-order valence-electron chi connectivity index (χ1n) is 21.2. The fourth-order valence-electron chi connectivity index (χ4n) is 10.0. The predicted octanol–water partition coefficient (Wildman–Crippen LogP) is 16.5. The monoisotopic (exact) mass is 744 g/mol. The Kier molecular flexibility index (Phi) is 13.4. The van der Waals surface area contributed by atoms with E-state index in [2.05, 4.69) is 122 Å². The van der Waals surface area contributed by atoms with Crippen molar-refractivity contribution in [2.75, 3.05) is 0 Å². The van der Waals surface area contributed by atoms with Crippen molar-refractivity contribution in [1.82, 2.24) is 0 Å². The molecule has 0 radical (unpaired) electrons. The highest BCUT2D eigenvalue weighted by atomic mass is 79.9. The number of rotatable bonds is 21. The summed E-state index contributed by atoms with van der Waals surface area (Å²) in [6, 6.07) is 31.8. The zero-order valence-corrected chi connectivity index (χ0v) is 34.1. The van der Waals surface area contributed by atoms with E-state index in [9.17, 15) is 0 Å². The quantitative estimate of drug-likeness (QED) is 0.0745. The Morgan fingerprint density at radius 3 is 1.20 bits per heavy atom. The van der Waals surface area contributed by atoms with Crippen LogP contribution in [0.5, 0.6) is 0 Å². The minimum Gasteiger partial charge on any atom is -0.0654 e. The van der Waals surface area contributed by atoms with Gasteiger partial charge in [-0.3, -0.25) is 0 Å². The zero-order chi connectivity index (χ0) is 35.7. The lowest BCUT2D eigenvalue weighted by molar-refractivity contribution is 0.400. The molecule has 51 heavy (non-hydrogen) atoms. The summed E-state index contributed by atoms with van der Waals surface area (Å²) in [6.45, 7) is 9.35. The number of unbranched alkanes of at least 4 members (excludes halogenated alkanes) is 12. The fraction of sp³-hybridized carbons (Fsp3) is 0.520. The van der Waals surface area contributed by atoms with E-state index in [-0.39, 0.29) is 10.8 Å². The highest BCUT2D eigenvalue weighted by Gasteiger charge is 2.44. The lowest BCUT2D eigenvalue weighted by Gasteiger charge is -2.34. The highest BCUT2D eigenvalue weighted by molar-refractivity contribution is 9.10. The molecule has 4 aromatic carbocycles. The number of hydrogen-bond donors (Lipinski definition) is 0. The standard InChI is InChI=1S/C50H65Br/c1-5-9-13-19-31-49(32-20-14-10-6-2)45-24-18-17-23-41(45)42-28-25-38(35-46(42)49)39-26-29-43-44-30-27-40(51)37-48(44)50(47(43)36-39,33-21-15-11-7-3)34-22-16-12-8-4/h17-18,23-30,35-37H,5-16,19-22,31-34H2,1-4H3. The summed E-state index contributed by atoms with van der Waals surface area (Å²) in [5, 5.41) is 0. The van der Waals surface area contributed by atoms with E-state index in [0.717, 1.165) is 0 Å². The molecule has 2 aliphatic carbocycles. The molecule has 6 rings (SSSR count). The van der Waals surface area contributed by atoms with Gasteiger partial charge in [-0.15, -0.1) is 0 Å². The van der Waals surface area contributed by atoms with E-state index in [1.54, 1.807) is 22.3 Å². The van der Waals surface area contributed by atoms with Crippen LogP contribution in [0.1, 0.15) is 178 Å². The average molecular weight is 746 g/mol. The van der Waals surface area contributed by atoms with Crippen molar-refractivity contribution in [3.05, 3.63) is 106 Å². The van der Waals surface area contributed by atoms with Crippen LogP contribution in [0.25, 0.3) is 33.4 Å². The third kappa shape index (κ3) is 7.86. The molecular weight excluding hydrogens is 680 g/mol. The number of benzene rings is 4. The van der Waals surface area contributed by atoms with Gasteiger partial charge in [-0.05, 0) is 106 Å². The lowest BCUT2D eigenvalue weighted by Crippen LogP contribution is -2.26. The summed E-state index contributed by atoms with van der Waals surface area (Å²) in [6.07, 6.45) is 26.1. The van der Waals surface area contributed by atoms with Crippen LogP contribution < -0.4 is 0 Å². The Bertz CT molecular complexity index is 1700. The van der Waals surface area contributed by atoms with E-state index in [0.29, 0.717) is 0 Å². The first kappa shape index (κ1) is 38.1. The van der Waals surface area contributed by atoms with Gasteiger partial charge in [0.15, 0.2) is 0 Å². The molecule has 0 saturated carbocycles. The van der Waals surface area contributed by atoms with Crippen molar-refractivity contribution in [3.8, 4) is 33.4 Å². The van der Waals surface area contributed by atoms with Crippen molar-refractivity contribution in [2.24, 2.45) is 0 Å². The number of hydrogen-bond acceptors (Lipinski definition) is 0. The van der Waals surface area contributed by atoms with Crippen LogP contribution in [0.4, 0.5) is 0 Å². The smallest absolute Gasteiger partial charge is 0.0215 e. The predicted molar refractivity (Wildman–Crippen MR) is 227 cm³/mol. The van der Waals surface area contributed by atoms with Gasteiger partial charge in [-0.25, -0.2) is 0 Å². The van der Waals surface area contributed by atoms with Crippen LogP contribution in [0, 0.1) is 0 Å². The first-order chi connectivity index (χ1) is 25.0. The third-order valence-corrected chi connectivity index (χ3v) is 13.2. The van der Waals surface area contributed by atoms with E-state index >= 15 is 0 Å². The molecular formula is C50H65Br. The van der Waals surface area contributed by atoms with Gasteiger partial charge >= 0.3 is 0 Å². The summed E-state index contributed by atoms with van der Waals surface area (Å²) in [5.74, 6) is 0. The van der Waals surface area contributed by atoms with E-state index in [4.69, 9.17) is 0 Å². The molecule has 0 aromatic heterocycles. The van der Waals surface area contributed by atoms with Crippen molar-refractivity contribution in [2.45, 2.75) is 167 Å². The molecule has 0 unspecified atom stereocenters. The second-order valence-electron chi connectivity index (χ2n) is 16.2. The molecule has 0 spiro atoms. The number of halogens is 1. The molecule has 0 nitrogen and oxygen atoms in total. The number of fused-ring (bicyclic) bond motifs is 6. The Labute approximate surface area is 320 Å². The average Bonchev–Trinajstić information content (AvgIpc) is 3.58. The van der Waals surface area contributed by atoms with Crippen LogP contribution in [0.2, 0.25) is 0 Å². The molecule has 4 aromatic rings. The van der Waals surface area contributed by atoms with Crippen molar-refractivity contribution in [3.63, 3.8) is 0 Å². The summed E-state index contributed by atoms with van der Waals surface area (Å²) in [4.78, 5) is 0. The van der Waals surface area contributed by atoms with Gasteiger partial charge in [0.2, 0.25) is 0 Å². The molecule has 0 aliphatic heterocycles. The summed E-state index contributed by atoms with van der Waals surface area (Å²) in [7, 11) is 0. The Morgan fingerprint density at radius 2 is 0.745 bits per heavy atom. The van der Waals surface area contributed by atoms with E-state index in [1.807, 2.05) is 0 Å². The second kappa shape index (κ2) is 17.9. The fourth-order valence-corrected chi connectivity index (χ4v) is 10.4. The summed E-state index contributed by atoms with van der Waals surface area (Å²) < 4.78 is 1.22. The van der Waals surface area contributed by atoms with Gasteiger partial charge in [0.25, 0.3) is 0 Å². The summed E-state index contributed by atoms with van der Waals surface area (Å²) >= 11 is 3.90. The maximum Gasteiger partial charge on any atom is 0.0215 e. The molecule has 0 saturated heterocycles. The van der Waals surface area contributed by atoms with Crippen LogP contribution in [0.3, 0.4) is 0 Å². The van der Waals surface area contributed by atoms with Crippen molar-refractivity contribution < 1.29 is 0 Å². The molecule has 0 atom stereocenters. The first-order valence-corrected chi connectivity index (χ1v) is 22.0. The van der Waals surface area contributed by atoms with Gasteiger partial charge in [-0.1, -0.05) is 201 Å². The van der Waals surface area contributed by atoms with Gasteiger partial charge in [0.05, 0.1) is 0 Å². The van der Waals surface area contributed by atoms with Crippen molar-refractivity contribution >= 4 is 15.9 Å². The second-order valence-corrected chi connectivity index (χ2v) is 17.1. The molecule has 0 N–H and O–H groups in total. The molecule has 272 valence electrons. The summed E-state index contributed by atoms with van der Waals surface area (Å²) in [5.41, 5.74) is 15.3. The van der Waals surface area contributed by atoms with E-state index < -0.39 is 0 Å². The molecule has 2 aliphatic rings. The molecule has 1 heteroatoms. The largest absolute Gasteiger partial charge is 0.0654 e. The van der Waals surface area contributed by atoms with Gasteiger partial charge in [0, 0.05) is 15.3 Å². The Hall–Kier alpha value is -2.64. The molecule has 0 fully saturated rings. The Morgan fingerprint density at radius 1 is 0.373 bits per heavy atom. The maximum absolute atomic E-state index is 3.90. The van der Waals surface area contributed by atoms with Crippen molar-refractivity contribution in [1.29, 1.82) is 0 Å². The lowest BCUT2D eigenvalue weighted by atomic mass is 9.69. The third-order valence-electron chi connectivity index (χ3n) is 12.8. The van der Waals surface area contributed by atoms with Gasteiger partial charge in [0.1, 0.15) is 0 Å². The Balaban J connectivity index is 1.45. The van der Waals surface area contributed by atoms with Crippen LogP contribution in [0.15, 0.2) is 83.3 Å². The minimum atomic E-state index is 0.0845. The molecule has 0 amide bonds. The van der Waals surface area contributed by atoms with Gasteiger partial charge < -0.3 is 0 Å². The van der Waals surface area contributed by atoms with Gasteiger partial charge in [-0.2, -0.15) is 0 Å². The maximum atomic E-state index is 3.90. The topological polar surface area (TPSA) is 0 Å². The SMILES string of the molecule is CCCCCCC1(CCCCCC)c2ccccc2-c2ccc(-c3ccc4c(c3)C(CCCCCC)(CCCCCC)c3cc(Br)ccc3-4)cc21. The normalized spacial score (nSPS) is 14.7. The zero-order valence-electron chi connectivity index (χ0n) is 32.5. The van der Waals surface area contributed by atoms with Crippen LogP contribution in [-0.4, -0.2) is 0 Å².